The van der Waals surface area contributed by atoms with Crippen LogP contribution in [0.1, 0.15) is 12.8 Å². The van der Waals surface area contributed by atoms with Gasteiger partial charge in [0.1, 0.15) is 0 Å². The van der Waals surface area contributed by atoms with Crippen molar-refractivity contribution in [1.29, 1.82) is 0 Å². The number of aromatic nitrogens is 2. The monoisotopic (exact) mass is 267 g/mol. The molecule has 2 rings (SSSR count). The average Bonchev–Trinajstić information content (AvgIpc) is 3.06. The zero-order valence-corrected chi connectivity index (χ0v) is 11.6. The first kappa shape index (κ1) is 13.3. The Kier molecular flexibility index (Phi) is 5.38. The number of nitrogens with one attached hydrogen (secondary N) is 2. The van der Waals surface area contributed by atoms with Crippen LogP contribution in [0.2, 0.25) is 0 Å². The van der Waals surface area contributed by atoms with E-state index in [2.05, 4.69) is 32.4 Å². The number of hydrogen-bond donors (Lipinski definition) is 2. The maximum atomic E-state index is 4.23. The summed E-state index contributed by atoms with van der Waals surface area (Å²) in [5, 5.41) is 7.44. The first-order valence-electron chi connectivity index (χ1n) is 6.40. The Morgan fingerprint density at radius 3 is 3.17 bits per heavy atom. The van der Waals surface area contributed by atoms with Crippen LogP contribution >= 0.6 is 11.8 Å². The fourth-order valence-electron chi connectivity index (χ4n) is 1.96. The maximum Gasteiger partial charge on any atom is 0.191 e. The number of imidazole rings is 1. The summed E-state index contributed by atoms with van der Waals surface area (Å²) in [6, 6.07) is 0. The molecule has 0 radical (unpaired) electrons. The highest BCUT2D eigenvalue weighted by Crippen LogP contribution is 2.25. The number of aliphatic imine (C=N–C) groups is 1. The van der Waals surface area contributed by atoms with Crippen molar-refractivity contribution in [2.24, 2.45) is 4.99 Å². The number of thioether (sulfide) groups is 1. The molecule has 1 fully saturated rings. The van der Waals surface area contributed by atoms with Gasteiger partial charge in [0.15, 0.2) is 5.96 Å². The van der Waals surface area contributed by atoms with Crippen LogP contribution in [0.25, 0.3) is 0 Å². The first-order valence-corrected chi connectivity index (χ1v) is 7.45. The Hall–Kier alpha value is -1.17. The third-order valence-electron chi connectivity index (χ3n) is 2.97. The Balaban J connectivity index is 1.62. The molecule has 0 bridgehead atoms. The summed E-state index contributed by atoms with van der Waals surface area (Å²) in [7, 11) is 1.81. The fraction of sp³-hybridized carbons (Fsp3) is 0.667. The largest absolute Gasteiger partial charge is 0.355 e. The second-order valence-corrected chi connectivity index (χ2v) is 5.72. The van der Waals surface area contributed by atoms with Crippen LogP contribution in [0.3, 0.4) is 0 Å². The number of hydrogen-bond acceptors (Lipinski definition) is 3. The highest BCUT2D eigenvalue weighted by molar-refractivity contribution is 8.00. The van der Waals surface area contributed by atoms with E-state index in [9.17, 15) is 0 Å². The van der Waals surface area contributed by atoms with Crippen molar-refractivity contribution in [2.45, 2.75) is 24.6 Å². The highest BCUT2D eigenvalue weighted by Gasteiger charge is 2.15. The molecular formula is C12H21N5S. The maximum absolute atomic E-state index is 4.23. The zero-order valence-electron chi connectivity index (χ0n) is 10.8. The molecule has 100 valence electrons. The van der Waals surface area contributed by atoms with Gasteiger partial charge in [-0.15, -0.1) is 0 Å². The van der Waals surface area contributed by atoms with Crippen molar-refractivity contribution in [2.75, 3.05) is 25.9 Å². The first-order chi connectivity index (χ1) is 8.88. The van der Waals surface area contributed by atoms with Gasteiger partial charge in [-0.3, -0.25) is 4.99 Å². The fourth-order valence-corrected chi connectivity index (χ4v) is 3.16. The second-order valence-electron chi connectivity index (χ2n) is 4.32. The van der Waals surface area contributed by atoms with E-state index in [0.717, 1.165) is 30.8 Å². The quantitative estimate of drug-likeness (QED) is 0.616. The van der Waals surface area contributed by atoms with Crippen LogP contribution in [0, 0.1) is 0 Å². The van der Waals surface area contributed by atoms with Gasteiger partial charge in [0, 0.05) is 44.3 Å². The van der Waals surface area contributed by atoms with Crippen LogP contribution in [-0.4, -0.2) is 46.7 Å². The van der Waals surface area contributed by atoms with E-state index in [-0.39, 0.29) is 0 Å². The van der Waals surface area contributed by atoms with Gasteiger partial charge in [0.25, 0.3) is 0 Å². The minimum absolute atomic E-state index is 0.747. The van der Waals surface area contributed by atoms with E-state index >= 15 is 0 Å². The van der Waals surface area contributed by atoms with Crippen molar-refractivity contribution in [3.63, 3.8) is 0 Å². The number of guanidine groups is 1. The van der Waals surface area contributed by atoms with Crippen molar-refractivity contribution < 1.29 is 0 Å². The van der Waals surface area contributed by atoms with Crippen molar-refractivity contribution >= 4 is 17.7 Å². The molecule has 1 aromatic rings. The van der Waals surface area contributed by atoms with Gasteiger partial charge in [-0.05, 0) is 18.6 Å². The van der Waals surface area contributed by atoms with Crippen LogP contribution in [0.15, 0.2) is 23.7 Å². The van der Waals surface area contributed by atoms with Crippen molar-refractivity contribution in [3.8, 4) is 0 Å². The summed E-state index contributed by atoms with van der Waals surface area (Å²) < 4.78 is 2.05. The third-order valence-corrected chi connectivity index (χ3v) is 4.36. The van der Waals surface area contributed by atoms with E-state index in [4.69, 9.17) is 0 Å². The van der Waals surface area contributed by atoms with Crippen LogP contribution in [-0.2, 0) is 6.54 Å². The topological polar surface area (TPSA) is 54.2 Å². The molecule has 0 saturated carbocycles. The Morgan fingerprint density at radius 2 is 2.50 bits per heavy atom. The molecule has 1 unspecified atom stereocenters. The minimum atomic E-state index is 0.747. The summed E-state index contributed by atoms with van der Waals surface area (Å²) in [5.41, 5.74) is 0. The smallest absolute Gasteiger partial charge is 0.191 e. The summed E-state index contributed by atoms with van der Waals surface area (Å²) in [6.45, 7) is 2.77. The molecule has 1 aromatic heterocycles. The van der Waals surface area contributed by atoms with Gasteiger partial charge >= 0.3 is 0 Å². The molecule has 5 nitrogen and oxygen atoms in total. The Bertz CT molecular complexity index is 357. The van der Waals surface area contributed by atoms with E-state index in [1.54, 1.807) is 6.20 Å². The molecule has 2 heterocycles. The second kappa shape index (κ2) is 7.31. The third kappa shape index (κ3) is 4.25. The predicted molar refractivity (Wildman–Crippen MR) is 77.1 cm³/mol. The lowest BCUT2D eigenvalue weighted by atomic mass is 10.2. The molecule has 1 aliphatic heterocycles. The molecular weight excluding hydrogens is 246 g/mol. The summed E-state index contributed by atoms with van der Waals surface area (Å²) in [5.74, 6) is 2.20. The number of nitrogens with zero attached hydrogens (tertiary/aromatic N) is 3. The van der Waals surface area contributed by atoms with Gasteiger partial charge in [-0.1, -0.05) is 0 Å². The SMILES string of the molecule is CN=C(NCCn1ccnc1)NCC1CCCS1. The van der Waals surface area contributed by atoms with Gasteiger partial charge in [-0.25, -0.2) is 4.98 Å². The Morgan fingerprint density at radius 1 is 1.56 bits per heavy atom. The zero-order chi connectivity index (χ0) is 12.6. The lowest BCUT2D eigenvalue weighted by Crippen LogP contribution is -2.41. The van der Waals surface area contributed by atoms with Crippen LogP contribution in [0.5, 0.6) is 0 Å². The van der Waals surface area contributed by atoms with Gasteiger partial charge in [0.05, 0.1) is 6.33 Å². The van der Waals surface area contributed by atoms with E-state index in [0.29, 0.717) is 0 Å². The minimum Gasteiger partial charge on any atom is -0.355 e. The molecule has 0 aromatic carbocycles. The average molecular weight is 267 g/mol. The molecule has 1 saturated heterocycles. The van der Waals surface area contributed by atoms with Crippen LogP contribution in [0.4, 0.5) is 0 Å². The van der Waals surface area contributed by atoms with Gasteiger partial charge < -0.3 is 15.2 Å². The summed E-state index contributed by atoms with van der Waals surface area (Å²) >= 11 is 2.06. The molecule has 2 N–H and O–H groups in total. The standard InChI is InChI=1S/C12H21N5S/c1-13-12(16-9-11-3-2-8-18-11)15-5-7-17-6-4-14-10-17/h4,6,10-11H,2-3,5,7-9H2,1H3,(H2,13,15,16). The molecule has 6 heteroatoms. The molecule has 0 aliphatic carbocycles. The molecule has 18 heavy (non-hydrogen) atoms. The Labute approximate surface area is 112 Å². The predicted octanol–water partition coefficient (Wildman–Crippen LogP) is 0.944. The lowest BCUT2D eigenvalue weighted by Gasteiger charge is -2.14. The van der Waals surface area contributed by atoms with Crippen LogP contribution < -0.4 is 10.6 Å². The normalized spacial score (nSPS) is 20.1. The van der Waals surface area contributed by atoms with Gasteiger partial charge in [0.2, 0.25) is 0 Å². The van der Waals surface area contributed by atoms with Crippen molar-refractivity contribution in [1.82, 2.24) is 20.2 Å². The van der Waals surface area contributed by atoms with E-state index in [1.807, 2.05) is 24.1 Å². The molecule has 0 amide bonds. The summed E-state index contributed by atoms with van der Waals surface area (Å²) in [4.78, 5) is 8.24. The number of rotatable bonds is 5. The molecule has 1 aliphatic rings. The van der Waals surface area contributed by atoms with E-state index < -0.39 is 0 Å². The molecule has 0 spiro atoms. The van der Waals surface area contributed by atoms with E-state index in [1.165, 1.54) is 18.6 Å². The van der Waals surface area contributed by atoms with Gasteiger partial charge in [-0.2, -0.15) is 11.8 Å². The highest BCUT2D eigenvalue weighted by atomic mass is 32.2. The molecule has 1 atom stereocenters. The summed E-state index contributed by atoms with van der Waals surface area (Å²) in [6.07, 6.45) is 8.26. The van der Waals surface area contributed by atoms with Crippen molar-refractivity contribution in [3.05, 3.63) is 18.7 Å². The lowest BCUT2D eigenvalue weighted by molar-refractivity contribution is 0.657.